The van der Waals surface area contributed by atoms with E-state index in [4.69, 9.17) is 9.47 Å². The first-order valence-electron chi connectivity index (χ1n) is 9.17. The van der Waals surface area contributed by atoms with Gasteiger partial charge in [0.05, 0.1) is 19.1 Å². The molecule has 2 fully saturated rings. The molecule has 3 rings (SSSR count). The predicted molar refractivity (Wildman–Crippen MR) is 101 cm³/mol. The van der Waals surface area contributed by atoms with Crippen LogP contribution in [-0.2, 0) is 9.53 Å². The van der Waals surface area contributed by atoms with E-state index in [-0.39, 0.29) is 17.4 Å². The third-order valence-corrected chi connectivity index (χ3v) is 6.05. The summed E-state index contributed by atoms with van der Waals surface area (Å²) >= 11 is 1.73. The quantitative estimate of drug-likeness (QED) is 0.593. The highest BCUT2D eigenvalue weighted by molar-refractivity contribution is 7.99. The minimum Gasteiger partial charge on any atom is -0.494 e. The molecule has 2 aliphatic heterocycles. The van der Waals surface area contributed by atoms with Crippen LogP contribution in [0.2, 0.25) is 0 Å². The Morgan fingerprint density at radius 3 is 2.72 bits per heavy atom. The number of esters is 1. The van der Waals surface area contributed by atoms with Crippen molar-refractivity contribution in [2.75, 3.05) is 39.1 Å². The number of hydrogen-bond donors (Lipinski definition) is 1. The molecular formula is C19H28N2O3S. The van der Waals surface area contributed by atoms with Gasteiger partial charge in [-0.1, -0.05) is 18.6 Å². The van der Waals surface area contributed by atoms with Gasteiger partial charge in [0.2, 0.25) is 0 Å². The number of thioether (sulfide) groups is 1. The summed E-state index contributed by atoms with van der Waals surface area (Å²) in [5.74, 6) is 1.46. The summed E-state index contributed by atoms with van der Waals surface area (Å²) in [6.07, 6.45) is 5.13. The van der Waals surface area contributed by atoms with Crippen LogP contribution in [0.3, 0.4) is 0 Å². The first kappa shape index (κ1) is 18.5. The van der Waals surface area contributed by atoms with Crippen LogP contribution in [0.1, 0.15) is 36.6 Å². The van der Waals surface area contributed by atoms with Crippen LogP contribution >= 0.6 is 11.8 Å². The number of nitrogens with one attached hydrogen (secondary N) is 1. The lowest BCUT2D eigenvalue weighted by Gasteiger charge is -2.26. The molecule has 1 N–H and O–H groups in total. The molecule has 0 aromatic heterocycles. The summed E-state index contributed by atoms with van der Waals surface area (Å²) in [6.45, 7) is 4.38. The highest BCUT2D eigenvalue weighted by atomic mass is 32.2. The lowest BCUT2D eigenvalue weighted by atomic mass is 10.1. The van der Waals surface area contributed by atoms with Gasteiger partial charge < -0.3 is 14.4 Å². The van der Waals surface area contributed by atoms with Crippen molar-refractivity contribution in [1.82, 2.24) is 10.2 Å². The monoisotopic (exact) mass is 364 g/mol. The number of benzene rings is 1. The minimum atomic E-state index is -0.217. The maximum Gasteiger partial charge on any atom is 0.323 e. The Hall–Kier alpha value is -1.24. The summed E-state index contributed by atoms with van der Waals surface area (Å²) in [5.41, 5.74) is 1.16. The second-order valence-electron chi connectivity index (χ2n) is 6.63. The van der Waals surface area contributed by atoms with Crippen molar-refractivity contribution in [2.24, 2.45) is 0 Å². The zero-order chi connectivity index (χ0) is 17.5. The van der Waals surface area contributed by atoms with Crippen LogP contribution in [0.15, 0.2) is 24.3 Å². The predicted octanol–water partition coefficient (Wildman–Crippen LogP) is 2.82. The van der Waals surface area contributed by atoms with Crippen LogP contribution in [-0.4, -0.2) is 56.0 Å². The van der Waals surface area contributed by atoms with E-state index in [1.54, 1.807) is 11.8 Å². The smallest absolute Gasteiger partial charge is 0.323 e. The summed E-state index contributed by atoms with van der Waals surface area (Å²) in [5, 5.41) is 3.44. The van der Waals surface area contributed by atoms with Crippen molar-refractivity contribution in [3.05, 3.63) is 29.8 Å². The van der Waals surface area contributed by atoms with E-state index >= 15 is 0 Å². The van der Waals surface area contributed by atoms with E-state index in [2.05, 4.69) is 22.3 Å². The highest BCUT2D eigenvalue weighted by Crippen LogP contribution is 2.33. The zero-order valence-electron chi connectivity index (χ0n) is 14.9. The third kappa shape index (κ3) is 5.36. The topological polar surface area (TPSA) is 50.8 Å². The number of piperidine rings is 1. The maximum absolute atomic E-state index is 11.6. The standard InChI is InChI=1S/C19H28N2O3S/c1-23-19(22)17-14-25-18(20-17)15-6-8-16(9-7-15)24-13-5-12-21-10-3-2-4-11-21/h6-9,17-18,20H,2-5,10-14H2,1H3. The molecule has 2 saturated heterocycles. The molecule has 1 aromatic carbocycles. The Morgan fingerprint density at radius 1 is 1.24 bits per heavy atom. The maximum atomic E-state index is 11.6. The molecule has 0 saturated carbocycles. The average Bonchev–Trinajstić information content (AvgIpc) is 3.16. The van der Waals surface area contributed by atoms with Gasteiger partial charge in [-0.3, -0.25) is 10.1 Å². The number of carbonyl (C=O) groups excluding carboxylic acids is 1. The zero-order valence-corrected chi connectivity index (χ0v) is 15.7. The normalized spacial score (nSPS) is 24.2. The molecule has 138 valence electrons. The fourth-order valence-electron chi connectivity index (χ4n) is 3.34. The Bertz CT molecular complexity index is 546. The summed E-state index contributed by atoms with van der Waals surface area (Å²) < 4.78 is 10.7. The summed E-state index contributed by atoms with van der Waals surface area (Å²) in [4.78, 5) is 14.1. The van der Waals surface area contributed by atoms with Gasteiger partial charge in [0, 0.05) is 12.3 Å². The van der Waals surface area contributed by atoms with Gasteiger partial charge in [0.1, 0.15) is 11.8 Å². The molecule has 0 amide bonds. The number of ether oxygens (including phenoxy) is 2. The van der Waals surface area contributed by atoms with Crippen LogP contribution < -0.4 is 10.1 Å². The third-order valence-electron chi connectivity index (χ3n) is 4.79. The molecular weight excluding hydrogens is 336 g/mol. The van der Waals surface area contributed by atoms with E-state index in [9.17, 15) is 4.79 Å². The van der Waals surface area contributed by atoms with Gasteiger partial charge >= 0.3 is 5.97 Å². The number of carbonyl (C=O) groups is 1. The number of likely N-dealkylation sites (tertiary alicyclic amines) is 1. The van der Waals surface area contributed by atoms with Crippen molar-refractivity contribution >= 4 is 17.7 Å². The van der Waals surface area contributed by atoms with E-state index in [0.29, 0.717) is 0 Å². The Morgan fingerprint density at radius 2 is 2.00 bits per heavy atom. The molecule has 2 heterocycles. The molecule has 2 unspecified atom stereocenters. The molecule has 1 aromatic rings. The first-order valence-corrected chi connectivity index (χ1v) is 10.2. The lowest BCUT2D eigenvalue weighted by Crippen LogP contribution is -2.34. The van der Waals surface area contributed by atoms with Gasteiger partial charge in [0.25, 0.3) is 0 Å². The van der Waals surface area contributed by atoms with Gasteiger partial charge in [-0.05, 0) is 50.0 Å². The van der Waals surface area contributed by atoms with Gasteiger partial charge in [-0.2, -0.15) is 0 Å². The van der Waals surface area contributed by atoms with Crippen molar-refractivity contribution in [3.8, 4) is 5.75 Å². The van der Waals surface area contributed by atoms with Crippen LogP contribution in [0, 0.1) is 0 Å². The van der Waals surface area contributed by atoms with Crippen molar-refractivity contribution < 1.29 is 14.3 Å². The number of methoxy groups -OCH3 is 1. The largest absolute Gasteiger partial charge is 0.494 e. The van der Waals surface area contributed by atoms with Gasteiger partial charge in [-0.25, -0.2) is 0 Å². The summed E-state index contributed by atoms with van der Waals surface area (Å²) in [7, 11) is 1.43. The molecule has 0 radical (unpaired) electrons. The molecule has 0 bridgehead atoms. The van der Waals surface area contributed by atoms with Gasteiger partial charge in [0.15, 0.2) is 0 Å². The van der Waals surface area contributed by atoms with E-state index in [1.807, 2.05) is 12.1 Å². The number of rotatable bonds is 7. The molecule has 0 aliphatic carbocycles. The van der Waals surface area contributed by atoms with E-state index < -0.39 is 0 Å². The second kappa shape index (κ2) is 9.46. The van der Waals surface area contributed by atoms with Crippen LogP contribution in [0.5, 0.6) is 5.75 Å². The number of nitrogens with zero attached hydrogens (tertiary/aromatic N) is 1. The van der Waals surface area contributed by atoms with Gasteiger partial charge in [-0.15, -0.1) is 11.8 Å². The number of hydrogen-bond acceptors (Lipinski definition) is 6. The van der Waals surface area contributed by atoms with Crippen LogP contribution in [0.4, 0.5) is 0 Å². The molecule has 6 heteroatoms. The SMILES string of the molecule is COC(=O)C1CSC(c2ccc(OCCCN3CCCCC3)cc2)N1. The highest BCUT2D eigenvalue weighted by Gasteiger charge is 2.31. The van der Waals surface area contributed by atoms with Crippen LogP contribution in [0.25, 0.3) is 0 Å². The molecule has 2 atom stereocenters. The summed E-state index contributed by atoms with van der Waals surface area (Å²) in [6, 6.07) is 7.97. The van der Waals surface area contributed by atoms with Crippen molar-refractivity contribution in [1.29, 1.82) is 0 Å². The average molecular weight is 365 g/mol. The Kier molecular flexibility index (Phi) is 7.02. The minimum absolute atomic E-state index is 0.136. The van der Waals surface area contributed by atoms with Crippen molar-refractivity contribution in [2.45, 2.75) is 37.1 Å². The van der Waals surface area contributed by atoms with Crippen molar-refractivity contribution in [3.63, 3.8) is 0 Å². The Labute approximate surface area is 154 Å². The molecule has 5 nitrogen and oxygen atoms in total. The second-order valence-corrected chi connectivity index (χ2v) is 7.77. The fourth-order valence-corrected chi connectivity index (χ4v) is 4.57. The Balaban J connectivity index is 1.39. The van der Waals surface area contributed by atoms with E-state index in [0.717, 1.165) is 36.6 Å². The van der Waals surface area contributed by atoms with E-state index in [1.165, 1.54) is 39.5 Å². The fraction of sp³-hybridized carbons (Fsp3) is 0.632. The molecule has 2 aliphatic rings. The first-order chi connectivity index (χ1) is 12.3. The molecule has 25 heavy (non-hydrogen) atoms. The molecule has 0 spiro atoms. The lowest BCUT2D eigenvalue weighted by molar-refractivity contribution is -0.142.